The molecule has 0 aliphatic carbocycles. The van der Waals surface area contributed by atoms with E-state index in [-0.39, 0.29) is 11.8 Å². The van der Waals surface area contributed by atoms with Gasteiger partial charge in [-0.05, 0) is 68.1 Å². The number of aryl methyl sites for hydroxylation is 1. The highest BCUT2D eigenvalue weighted by molar-refractivity contribution is 5.96. The normalized spacial score (nSPS) is 16.9. The molecule has 194 valence electrons. The van der Waals surface area contributed by atoms with Gasteiger partial charge in [-0.25, -0.2) is 4.98 Å². The number of carbonyl (C=O) groups excluding carboxylic acids is 1. The molecular formula is C30H36N4O3. The molecule has 0 saturated carbocycles. The van der Waals surface area contributed by atoms with E-state index in [4.69, 9.17) is 9.47 Å². The SMILES string of the molecule is CC(C)N1CCCc2cc(CN3CCOc4ccccc4Oc4ncccc4C(=O)N(C)CC3)ccc21. The topological polar surface area (TPSA) is 58.1 Å². The molecule has 2 aromatic carbocycles. The number of hydrogen-bond donors (Lipinski definition) is 0. The van der Waals surface area contributed by atoms with Crippen molar-refractivity contribution in [2.24, 2.45) is 0 Å². The van der Waals surface area contributed by atoms with Crippen LogP contribution >= 0.6 is 0 Å². The fourth-order valence-corrected chi connectivity index (χ4v) is 5.12. The van der Waals surface area contributed by atoms with Gasteiger partial charge in [-0.1, -0.05) is 24.3 Å². The minimum absolute atomic E-state index is 0.108. The van der Waals surface area contributed by atoms with Crippen molar-refractivity contribution in [1.29, 1.82) is 0 Å². The Morgan fingerprint density at radius 3 is 2.65 bits per heavy atom. The Balaban J connectivity index is 1.38. The molecule has 3 aromatic rings. The van der Waals surface area contributed by atoms with E-state index in [1.807, 2.05) is 31.3 Å². The lowest BCUT2D eigenvalue weighted by atomic mass is 9.98. The minimum Gasteiger partial charge on any atom is -0.488 e. The van der Waals surface area contributed by atoms with Crippen LogP contribution in [-0.4, -0.2) is 66.6 Å². The highest BCUT2D eigenvalue weighted by atomic mass is 16.5. The summed E-state index contributed by atoms with van der Waals surface area (Å²) >= 11 is 0. The van der Waals surface area contributed by atoms with Gasteiger partial charge in [0, 0.05) is 57.7 Å². The number of rotatable bonds is 3. The first-order chi connectivity index (χ1) is 18.0. The molecule has 0 unspecified atom stereocenters. The molecular weight excluding hydrogens is 464 g/mol. The Morgan fingerprint density at radius 2 is 1.81 bits per heavy atom. The van der Waals surface area contributed by atoms with Gasteiger partial charge in [-0.3, -0.25) is 9.69 Å². The van der Waals surface area contributed by atoms with Crippen LogP contribution in [0.1, 0.15) is 41.8 Å². The molecule has 0 radical (unpaired) electrons. The molecule has 7 heteroatoms. The van der Waals surface area contributed by atoms with Gasteiger partial charge in [-0.15, -0.1) is 0 Å². The van der Waals surface area contributed by atoms with E-state index in [1.54, 1.807) is 23.2 Å². The number of para-hydroxylation sites is 2. The highest BCUT2D eigenvalue weighted by Crippen LogP contribution is 2.33. The Bertz CT molecular complexity index is 1250. The third-order valence-corrected chi connectivity index (χ3v) is 7.15. The second-order valence-corrected chi connectivity index (χ2v) is 10.1. The summed E-state index contributed by atoms with van der Waals surface area (Å²) in [5.41, 5.74) is 4.53. The number of ether oxygens (including phenoxy) is 2. The zero-order valence-electron chi connectivity index (χ0n) is 22.0. The molecule has 7 nitrogen and oxygen atoms in total. The van der Waals surface area contributed by atoms with Gasteiger partial charge in [0.1, 0.15) is 12.2 Å². The van der Waals surface area contributed by atoms with Gasteiger partial charge in [-0.2, -0.15) is 0 Å². The second-order valence-electron chi connectivity index (χ2n) is 10.1. The van der Waals surface area contributed by atoms with Crippen LogP contribution in [0.4, 0.5) is 5.69 Å². The van der Waals surface area contributed by atoms with Crippen molar-refractivity contribution in [3.05, 3.63) is 77.5 Å². The van der Waals surface area contributed by atoms with Crippen molar-refractivity contribution in [3.8, 4) is 17.4 Å². The Labute approximate surface area is 219 Å². The number of nitrogens with zero attached hydrogens (tertiary/aromatic N) is 4. The molecule has 0 atom stereocenters. The van der Waals surface area contributed by atoms with Crippen molar-refractivity contribution in [3.63, 3.8) is 0 Å². The van der Waals surface area contributed by atoms with E-state index in [2.05, 4.69) is 46.8 Å². The maximum absolute atomic E-state index is 13.3. The fourth-order valence-electron chi connectivity index (χ4n) is 5.12. The molecule has 5 rings (SSSR count). The van der Waals surface area contributed by atoms with Crippen LogP contribution in [0.2, 0.25) is 0 Å². The summed E-state index contributed by atoms with van der Waals surface area (Å²) in [7, 11) is 1.83. The number of aromatic nitrogens is 1. The summed E-state index contributed by atoms with van der Waals surface area (Å²) in [6.45, 7) is 9.02. The molecule has 37 heavy (non-hydrogen) atoms. The van der Waals surface area contributed by atoms with Crippen LogP contribution in [0.15, 0.2) is 60.8 Å². The lowest BCUT2D eigenvalue weighted by Gasteiger charge is -2.35. The Morgan fingerprint density at radius 1 is 0.973 bits per heavy atom. The molecule has 1 aromatic heterocycles. The van der Waals surface area contributed by atoms with Crippen LogP contribution in [0.25, 0.3) is 0 Å². The molecule has 1 amide bonds. The van der Waals surface area contributed by atoms with Gasteiger partial charge in [0.2, 0.25) is 5.88 Å². The van der Waals surface area contributed by atoms with Crippen LogP contribution in [0.3, 0.4) is 0 Å². The first kappa shape index (κ1) is 25.1. The van der Waals surface area contributed by atoms with Crippen LogP contribution in [0, 0.1) is 0 Å². The zero-order valence-corrected chi connectivity index (χ0v) is 22.0. The van der Waals surface area contributed by atoms with Gasteiger partial charge in [0.25, 0.3) is 5.91 Å². The third-order valence-electron chi connectivity index (χ3n) is 7.15. The van der Waals surface area contributed by atoms with E-state index in [0.717, 1.165) is 32.6 Å². The summed E-state index contributed by atoms with van der Waals surface area (Å²) in [5, 5.41) is 0. The quantitative estimate of drug-likeness (QED) is 0.504. The number of likely N-dealkylation sites (N-methyl/N-ethyl adjacent to an activating group) is 1. The molecule has 0 N–H and O–H groups in total. The Hall–Kier alpha value is -3.58. The van der Waals surface area contributed by atoms with E-state index in [0.29, 0.717) is 36.3 Å². The fraction of sp³-hybridized carbons (Fsp3) is 0.400. The number of benzene rings is 2. The standard InChI is InChI=1S/C30H36N4O3/c1-22(2)34-15-7-8-24-20-23(12-13-26(24)34)21-33-17-16-32(3)30(35)25-9-6-14-31-29(25)37-28-11-5-4-10-27(28)36-19-18-33/h4-6,9-14,20,22H,7-8,15-19,21H2,1-3H3. The summed E-state index contributed by atoms with van der Waals surface area (Å²) in [4.78, 5) is 24.3. The van der Waals surface area contributed by atoms with E-state index in [9.17, 15) is 4.79 Å². The molecule has 3 heterocycles. The summed E-state index contributed by atoms with van der Waals surface area (Å²) in [5.74, 6) is 1.37. The molecule has 2 aliphatic rings. The van der Waals surface area contributed by atoms with Gasteiger partial charge >= 0.3 is 0 Å². The lowest BCUT2D eigenvalue weighted by molar-refractivity contribution is 0.0770. The number of fused-ring (bicyclic) bond motifs is 3. The summed E-state index contributed by atoms with van der Waals surface area (Å²) in [6.07, 6.45) is 3.95. The first-order valence-electron chi connectivity index (χ1n) is 13.2. The number of hydrogen-bond acceptors (Lipinski definition) is 6. The monoisotopic (exact) mass is 500 g/mol. The smallest absolute Gasteiger partial charge is 0.259 e. The van der Waals surface area contributed by atoms with Crippen molar-refractivity contribution in [1.82, 2.24) is 14.8 Å². The first-order valence-corrected chi connectivity index (χ1v) is 13.2. The van der Waals surface area contributed by atoms with Crippen molar-refractivity contribution >= 4 is 11.6 Å². The number of carbonyl (C=O) groups is 1. The number of anilines is 1. The summed E-state index contributed by atoms with van der Waals surface area (Å²) < 4.78 is 12.2. The molecule has 0 spiro atoms. The molecule has 0 saturated heterocycles. The summed E-state index contributed by atoms with van der Waals surface area (Å²) in [6, 6.07) is 18.5. The molecule has 2 aliphatic heterocycles. The Kier molecular flexibility index (Phi) is 7.60. The largest absolute Gasteiger partial charge is 0.488 e. The van der Waals surface area contributed by atoms with E-state index < -0.39 is 0 Å². The second kappa shape index (κ2) is 11.2. The van der Waals surface area contributed by atoms with Gasteiger partial charge in [0.15, 0.2) is 11.5 Å². The van der Waals surface area contributed by atoms with Gasteiger partial charge in [0.05, 0.1) is 0 Å². The number of amides is 1. The molecule has 0 bridgehead atoms. The highest BCUT2D eigenvalue weighted by Gasteiger charge is 2.22. The van der Waals surface area contributed by atoms with Crippen molar-refractivity contribution in [2.45, 2.75) is 39.3 Å². The zero-order chi connectivity index (χ0) is 25.8. The van der Waals surface area contributed by atoms with Crippen LogP contribution < -0.4 is 14.4 Å². The van der Waals surface area contributed by atoms with E-state index in [1.165, 1.54) is 23.2 Å². The van der Waals surface area contributed by atoms with Crippen LogP contribution in [0.5, 0.6) is 17.4 Å². The van der Waals surface area contributed by atoms with Gasteiger partial charge < -0.3 is 19.3 Å². The van der Waals surface area contributed by atoms with Crippen molar-refractivity contribution in [2.75, 3.05) is 44.7 Å². The third kappa shape index (κ3) is 5.72. The average molecular weight is 501 g/mol. The number of pyridine rings is 1. The maximum atomic E-state index is 13.3. The van der Waals surface area contributed by atoms with Crippen molar-refractivity contribution < 1.29 is 14.3 Å². The van der Waals surface area contributed by atoms with E-state index >= 15 is 0 Å². The minimum atomic E-state index is -0.108. The predicted molar refractivity (Wildman–Crippen MR) is 146 cm³/mol. The van der Waals surface area contributed by atoms with Crippen LogP contribution in [-0.2, 0) is 13.0 Å². The maximum Gasteiger partial charge on any atom is 0.259 e. The lowest BCUT2D eigenvalue weighted by Crippen LogP contribution is -2.38. The molecule has 0 fully saturated rings. The predicted octanol–water partition coefficient (Wildman–Crippen LogP) is 5.00. The average Bonchev–Trinajstić information content (AvgIpc) is 2.92.